The van der Waals surface area contributed by atoms with Crippen LogP contribution in [0, 0.1) is 0 Å². The van der Waals surface area contributed by atoms with Crippen LogP contribution >= 0.6 is 11.3 Å². The second-order valence-electron chi connectivity index (χ2n) is 3.05. The largest absolute Gasteiger partial charge is 0.255 e. The Balaban J connectivity index is 2.51. The third kappa shape index (κ3) is 1.90. The van der Waals surface area contributed by atoms with E-state index < -0.39 is 0 Å². The molecule has 2 heterocycles. The summed E-state index contributed by atoms with van der Waals surface area (Å²) >= 11 is 1.69. The molecule has 0 aliphatic carbocycles. The van der Waals surface area contributed by atoms with Gasteiger partial charge in [0, 0.05) is 11.1 Å². The molecule has 0 N–H and O–H groups in total. The van der Waals surface area contributed by atoms with Gasteiger partial charge in [-0.3, -0.25) is 4.98 Å². The molecule has 15 heavy (non-hydrogen) atoms. The van der Waals surface area contributed by atoms with Gasteiger partial charge in [0.1, 0.15) is 0 Å². The first kappa shape index (κ1) is 9.87. The summed E-state index contributed by atoms with van der Waals surface area (Å²) in [4.78, 5) is 6.61. The minimum Gasteiger partial charge on any atom is -0.255 e. The normalized spacial score (nSPS) is 9.87. The highest BCUT2D eigenvalue weighted by Gasteiger charge is 2.06. The molecule has 0 fully saturated rings. The summed E-state index contributed by atoms with van der Waals surface area (Å²) in [6.07, 6.45) is 5.50. The molecule has 0 saturated carbocycles. The van der Waals surface area contributed by atoms with Gasteiger partial charge in [-0.2, -0.15) is 0 Å². The van der Waals surface area contributed by atoms with Crippen molar-refractivity contribution in [3.05, 3.63) is 54.1 Å². The van der Waals surface area contributed by atoms with Crippen molar-refractivity contribution in [2.24, 2.45) is 0 Å². The molecule has 0 aliphatic rings. The summed E-state index contributed by atoms with van der Waals surface area (Å²) in [6.45, 7) is 7.57. The van der Waals surface area contributed by atoms with Crippen LogP contribution < -0.4 is 0 Å². The molecule has 2 aromatic rings. The fourth-order valence-electron chi connectivity index (χ4n) is 1.37. The molecule has 2 heteroatoms. The molecule has 2 aromatic heterocycles. The zero-order chi connectivity index (χ0) is 10.7. The fraction of sp³-hybridized carbons (Fsp3) is 0. The molecule has 0 radical (unpaired) electrons. The highest BCUT2D eigenvalue weighted by molar-refractivity contribution is 7.16. The molecule has 0 aromatic carbocycles. The van der Waals surface area contributed by atoms with Crippen LogP contribution in [0.25, 0.3) is 22.7 Å². The first-order valence-electron chi connectivity index (χ1n) is 4.65. The van der Waals surface area contributed by atoms with E-state index in [-0.39, 0.29) is 0 Å². The SMILES string of the molecule is C=Cc1cc(-c2ccccn2)sc1C=C. The van der Waals surface area contributed by atoms with Crippen LogP contribution in [-0.2, 0) is 0 Å². The van der Waals surface area contributed by atoms with Crippen LogP contribution in [0.3, 0.4) is 0 Å². The van der Waals surface area contributed by atoms with E-state index in [1.165, 1.54) is 0 Å². The monoisotopic (exact) mass is 213 g/mol. The molecular weight excluding hydrogens is 202 g/mol. The van der Waals surface area contributed by atoms with Crippen molar-refractivity contribution in [1.29, 1.82) is 0 Å². The average Bonchev–Trinajstić information content (AvgIpc) is 2.73. The summed E-state index contributed by atoms with van der Waals surface area (Å²) in [6, 6.07) is 8.01. The highest BCUT2D eigenvalue weighted by atomic mass is 32.1. The maximum Gasteiger partial charge on any atom is 0.0802 e. The number of pyridine rings is 1. The molecule has 74 valence electrons. The Hall–Kier alpha value is -1.67. The summed E-state index contributed by atoms with van der Waals surface area (Å²) in [7, 11) is 0. The van der Waals surface area contributed by atoms with Crippen molar-refractivity contribution in [2.45, 2.75) is 0 Å². The van der Waals surface area contributed by atoms with Crippen molar-refractivity contribution in [3.8, 4) is 10.6 Å². The van der Waals surface area contributed by atoms with E-state index in [0.717, 1.165) is 21.0 Å². The van der Waals surface area contributed by atoms with Gasteiger partial charge in [0.15, 0.2) is 0 Å². The van der Waals surface area contributed by atoms with Gasteiger partial charge in [-0.1, -0.05) is 31.4 Å². The van der Waals surface area contributed by atoms with Crippen LogP contribution in [0.15, 0.2) is 43.6 Å². The van der Waals surface area contributed by atoms with Gasteiger partial charge in [-0.05, 0) is 23.8 Å². The van der Waals surface area contributed by atoms with Crippen LogP contribution in [0.1, 0.15) is 10.4 Å². The van der Waals surface area contributed by atoms with Gasteiger partial charge in [-0.25, -0.2) is 0 Å². The standard InChI is InChI=1S/C13H11NS/c1-3-10-9-13(15-12(10)4-2)11-7-5-6-8-14-11/h3-9H,1-2H2. The minimum atomic E-state index is 0.999. The summed E-state index contributed by atoms with van der Waals surface area (Å²) < 4.78 is 0. The number of hydrogen-bond donors (Lipinski definition) is 0. The number of aromatic nitrogens is 1. The van der Waals surface area contributed by atoms with Crippen molar-refractivity contribution in [1.82, 2.24) is 4.98 Å². The molecule has 2 rings (SSSR count). The van der Waals surface area contributed by atoms with Gasteiger partial charge in [0.2, 0.25) is 0 Å². The molecule has 1 nitrogen and oxygen atoms in total. The fourth-order valence-corrected chi connectivity index (χ4v) is 2.36. The third-order valence-corrected chi connectivity index (χ3v) is 3.28. The quantitative estimate of drug-likeness (QED) is 0.748. The lowest BCUT2D eigenvalue weighted by molar-refractivity contribution is 1.34. The molecule has 0 amide bonds. The van der Waals surface area contributed by atoms with Gasteiger partial charge in [0.25, 0.3) is 0 Å². The first-order chi connectivity index (χ1) is 7.35. The number of hydrogen-bond acceptors (Lipinski definition) is 2. The lowest BCUT2D eigenvalue weighted by Gasteiger charge is -1.92. The predicted molar refractivity (Wildman–Crippen MR) is 67.7 cm³/mol. The zero-order valence-electron chi connectivity index (χ0n) is 8.31. The van der Waals surface area contributed by atoms with Crippen molar-refractivity contribution >= 4 is 23.5 Å². The average molecular weight is 213 g/mol. The van der Waals surface area contributed by atoms with E-state index in [1.807, 2.05) is 30.4 Å². The van der Waals surface area contributed by atoms with Gasteiger partial charge in [-0.15, -0.1) is 11.3 Å². The van der Waals surface area contributed by atoms with Gasteiger partial charge >= 0.3 is 0 Å². The molecule has 0 aliphatic heterocycles. The van der Waals surface area contributed by atoms with Crippen molar-refractivity contribution in [3.63, 3.8) is 0 Å². The minimum absolute atomic E-state index is 0.999. The Bertz CT molecular complexity index is 457. The lowest BCUT2D eigenvalue weighted by Crippen LogP contribution is -1.75. The first-order valence-corrected chi connectivity index (χ1v) is 5.47. The number of rotatable bonds is 3. The Morgan fingerprint density at radius 1 is 1.20 bits per heavy atom. The zero-order valence-corrected chi connectivity index (χ0v) is 9.13. The van der Waals surface area contributed by atoms with Crippen LogP contribution in [0.2, 0.25) is 0 Å². The summed E-state index contributed by atoms with van der Waals surface area (Å²) in [5, 5.41) is 0. The molecular formula is C13H11NS. The molecule has 0 bridgehead atoms. The van der Waals surface area contributed by atoms with E-state index >= 15 is 0 Å². The molecule has 0 saturated heterocycles. The van der Waals surface area contributed by atoms with Crippen LogP contribution in [0.4, 0.5) is 0 Å². The van der Waals surface area contributed by atoms with Crippen LogP contribution in [-0.4, -0.2) is 4.98 Å². The number of nitrogens with zero attached hydrogens (tertiary/aromatic N) is 1. The highest BCUT2D eigenvalue weighted by Crippen LogP contribution is 2.31. The van der Waals surface area contributed by atoms with E-state index in [1.54, 1.807) is 17.5 Å². The van der Waals surface area contributed by atoms with Crippen LogP contribution in [0.5, 0.6) is 0 Å². The van der Waals surface area contributed by atoms with Gasteiger partial charge < -0.3 is 0 Å². The van der Waals surface area contributed by atoms with E-state index in [0.29, 0.717) is 0 Å². The predicted octanol–water partition coefficient (Wildman–Crippen LogP) is 4.10. The van der Waals surface area contributed by atoms with E-state index in [4.69, 9.17) is 0 Å². The van der Waals surface area contributed by atoms with Crippen molar-refractivity contribution < 1.29 is 0 Å². The summed E-state index contributed by atoms with van der Waals surface area (Å²) in [5.41, 5.74) is 2.12. The molecule has 0 unspecified atom stereocenters. The second kappa shape index (κ2) is 4.24. The number of thiophene rings is 1. The Morgan fingerprint density at radius 2 is 2.07 bits per heavy atom. The molecule has 0 spiro atoms. The Labute approximate surface area is 93.4 Å². The maximum atomic E-state index is 4.31. The summed E-state index contributed by atoms with van der Waals surface area (Å²) in [5.74, 6) is 0. The van der Waals surface area contributed by atoms with Crippen molar-refractivity contribution in [2.75, 3.05) is 0 Å². The second-order valence-corrected chi connectivity index (χ2v) is 4.14. The molecule has 0 atom stereocenters. The maximum absolute atomic E-state index is 4.31. The van der Waals surface area contributed by atoms with E-state index in [9.17, 15) is 0 Å². The van der Waals surface area contributed by atoms with E-state index in [2.05, 4.69) is 24.2 Å². The third-order valence-electron chi connectivity index (χ3n) is 2.11. The Morgan fingerprint density at radius 3 is 2.60 bits per heavy atom. The topological polar surface area (TPSA) is 12.9 Å². The lowest BCUT2D eigenvalue weighted by atomic mass is 10.2. The smallest absolute Gasteiger partial charge is 0.0802 e. The van der Waals surface area contributed by atoms with Gasteiger partial charge in [0.05, 0.1) is 10.6 Å². The Kier molecular flexibility index (Phi) is 2.79.